The summed E-state index contributed by atoms with van der Waals surface area (Å²) in [4.78, 5) is 23.5. The van der Waals surface area contributed by atoms with Crippen LogP contribution in [0.3, 0.4) is 0 Å². The molecule has 0 heterocycles. The smallest absolute Gasteiger partial charge is 0.471 e. The fraction of sp³-hybridized carbons (Fsp3) is 0.333. The van der Waals surface area contributed by atoms with Crippen molar-refractivity contribution >= 4 is 30.2 Å². The van der Waals surface area contributed by atoms with Gasteiger partial charge in [-0.25, -0.2) is 4.79 Å². The van der Waals surface area contributed by atoms with Crippen molar-refractivity contribution in [2.45, 2.75) is 37.9 Å². The first-order valence-electron chi connectivity index (χ1n) is 10.2. The van der Waals surface area contributed by atoms with Gasteiger partial charge < -0.3 is 19.1 Å². The number of nitrogens with zero attached hydrogens (tertiary/aromatic N) is 1. The van der Waals surface area contributed by atoms with E-state index >= 15 is 0 Å². The first-order valence-corrected chi connectivity index (χ1v) is 13.0. The third-order valence-electron chi connectivity index (χ3n) is 4.69. The van der Waals surface area contributed by atoms with Gasteiger partial charge >= 0.3 is 36.9 Å². The van der Waals surface area contributed by atoms with Crippen LogP contribution in [0.25, 0.3) is 0 Å². The van der Waals surface area contributed by atoms with Crippen molar-refractivity contribution in [1.29, 1.82) is 0 Å². The van der Waals surface area contributed by atoms with Crippen molar-refractivity contribution in [3.8, 4) is 11.5 Å². The molecule has 0 bridgehead atoms. The predicted molar refractivity (Wildman–Crippen MR) is 118 cm³/mol. The van der Waals surface area contributed by atoms with Crippen LogP contribution in [0.5, 0.6) is 11.5 Å². The summed E-state index contributed by atoms with van der Waals surface area (Å²) in [7, 11) is 0. The lowest BCUT2D eigenvalue weighted by molar-refractivity contribution is -0.188. The molecule has 0 aromatic heterocycles. The average molecular weight is 597 g/mol. The Morgan fingerprint density at radius 2 is 1.32 bits per heavy atom. The average Bonchev–Trinajstić information content (AvgIpc) is 2.76. The number of hydrogen-bond acceptors (Lipinski definition) is 5. The van der Waals surface area contributed by atoms with E-state index < -0.39 is 78.3 Å². The highest BCUT2D eigenvalue weighted by atomic mass is 32.5. The molecule has 0 spiro atoms. The van der Waals surface area contributed by atoms with E-state index in [0.29, 0.717) is 24.3 Å². The molecule has 0 aliphatic heterocycles. The number of rotatable bonds is 9. The normalized spacial score (nSPS) is 13.5. The molecule has 210 valence electrons. The van der Waals surface area contributed by atoms with Gasteiger partial charge in [0.05, 0.1) is 11.1 Å². The summed E-state index contributed by atoms with van der Waals surface area (Å²) < 4.78 is 129. The number of amides is 1. The van der Waals surface area contributed by atoms with Crippen LogP contribution >= 0.6 is 6.49 Å². The molecule has 6 nitrogen and oxygen atoms in total. The second-order valence-corrected chi connectivity index (χ2v) is 11.1. The summed E-state index contributed by atoms with van der Waals surface area (Å²) in [6, 6.07) is 3.46. The molecule has 0 radical (unpaired) electrons. The van der Waals surface area contributed by atoms with E-state index in [0.717, 1.165) is 31.2 Å². The number of alkyl halides is 9. The minimum absolute atomic E-state index is 0.232. The number of carbonyl (C=O) groups excluding carboxylic acids is 1. The van der Waals surface area contributed by atoms with E-state index in [9.17, 15) is 54.2 Å². The van der Waals surface area contributed by atoms with Crippen molar-refractivity contribution in [1.82, 2.24) is 4.90 Å². The third-order valence-corrected chi connectivity index (χ3v) is 7.11. The summed E-state index contributed by atoms with van der Waals surface area (Å²) in [5.41, 5.74) is -2.54. The Kier molecular flexibility index (Phi) is 9.36. The molecule has 0 aliphatic carbocycles. The van der Waals surface area contributed by atoms with Gasteiger partial charge in [0, 0.05) is 0 Å². The fourth-order valence-corrected chi connectivity index (χ4v) is 5.65. The summed E-state index contributed by atoms with van der Waals surface area (Å²) in [6.45, 7) is -3.43. The third kappa shape index (κ3) is 8.25. The zero-order valence-corrected chi connectivity index (χ0v) is 20.6. The van der Waals surface area contributed by atoms with Gasteiger partial charge in [0.25, 0.3) is 0 Å². The fourth-order valence-electron chi connectivity index (χ4n) is 3.04. The first kappa shape index (κ1) is 31.2. The number of carbonyl (C=O) groups is 2. The monoisotopic (exact) mass is 597 g/mol. The molecule has 1 N–H and O–H groups in total. The lowest BCUT2D eigenvalue weighted by atomic mass is 10.2. The van der Waals surface area contributed by atoms with Crippen LogP contribution < -0.4 is 9.05 Å². The van der Waals surface area contributed by atoms with Crippen LogP contribution in [0.1, 0.15) is 24.5 Å². The lowest BCUT2D eigenvalue weighted by Crippen LogP contribution is -2.50. The van der Waals surface area contributed by atoms with Crippen LogP contribution in [0.15, 0.2) is 48.5 Å². The van der Waals surface area contributed by atoms with Gasteiger partial charge in [-0.05, 0) is 54.6 Å². The molecule has 38 heavy (non-hydrogen) atoms. The number of benzene rings is 2. The number of carboxylic acid groups (broad SMARTS) is 1. The molecular formula is C21H17F9NO5PS. The highest BCUT2D eigenvalue weighted by Crippen LogP contribution is 2.51. The van der Waals surface area contributed by atoms with E-state index in [-0.39, 0.29) is 4.90 Å². The maximum absolute atomic E-state index is 13.3. The quantitative estimate of drug-likeness (QED) is 0.256. The molecule has 2 aromatic rings. The van der Waals surface area contributed by atoms with Gasteiger partial charge in [-0.1, -0.05) is 19.1 Å². The van der Waals surface area contributed by atoms with Gasteiger partial charge in [0.15, 0.2) is 0 Å². The summed E-state index contributed by atoms with van der Waals surface area (Å²) in [5.74, 6) is -5.96. The number of carboxylic acids is 1. The maximum Gasteiger partial charge on any atom is 0.471 e. The molecular weight excluding hydrogens is 580 g/mol. The Bertz CT molecular complexity index is 1150. The van der Waals surface area contributed by atoms with Crippen molar-refractivity contribution in [3.05, 3.63) is 59.7 Å². The van der Waals surface area contributed by atoms with E-state index in [1.807, 2.05) is 0 Å². The van der Waals surface area contributed by atoms with Crippen LogP contribution in [-0.4, -0.2) is 40.4 Å². The van der Waals surface area contributed by atoms with Gasteiger partial charge in [0.1, 0.15) is 23.8 Å². The molecule has 1 amide bonds. The number of hydrogen-bond donors (Lipinski definition) is 1. The Morgan fingerprint density at radius 3 is 1.63 bits per heavy atom. The zero-order valence-electron chi connectivity index (χ0n) is 18.9. The van der Waals surface area contributed by atoms with Gasteiger partial charge in [-0.15, -0.1) is 0 Å². The standard InChI is InChI=1S/C21H17F9NO5PS/c1-2-16(17(32)33)31(18(34)21(28,29)30)11-37(38,35-14-7-3-5-12(9-14)19(22,23)24)36-15-8-4-6-13(10-15)20(25,26)27/h3-10,16H,2,11H2,1H3,(H,32,33). The highest BCUT2D eigenvalue weighted by molar-refractivity contribution is 8.10. The Morgan fingerprint density at radius 1 is 0.895 bits per heavy atom. The number of aliphatic carboxylic acids is 1. The Hall–Kier alpha value is -3.00. The molecule has 2 aromatic carbocycles. The zero-order chi connectivity index (χ0) is 29.1. The highest BCUT2D eigenvalue weighted by Gasteiger charge is 2.48. The summed E-state index contributed by atoms with van der Waals surface area (Å²) in [5, 5.41) is 9.37. The summed E-state index contributed by atoms with van der Waals surface area (Å²) >= 11 is 5.16. The molecule has 17 heteroatoms. The summed E-state index contributed by atoms with van der Waals surface area (Å²) in [6.07, 6.45) is -17.4. The van der Waals surface area contributed by atoms with E-state index in [4.69, 9.17) is 20.9 Å². The van der Waals surface area contributed by atoms with Crippen molar-refractivity contribution in [3.63, 3.8) is 0 Å². The van der Waals surface area contributed by atoms with Crippen LogP contribution in [-0.2, 0) is 33.7 Å². The minimum atomic E-state index is -5.62. The van der Waals surface area contributed by atoms with Crippen LogP contribution in [0.4, 0.5) is 39.5 Å². The van der Waals surface area contributed by atoms with Gasteiger partial charge in [-0.2, -0.15) is 39.5 Å². The largest absolute Gasteiger partial charge is 0.480 e. The molecule has 0 saturated heterocycles. The molecule has 1 atom stereocenters. The molecule has 0 fully saturated rings. The second kappa shape index (κ2) is 11.4. The Labute approximate surface area is 214 Å². The first-order chi connectivity index (χ1) is 17.3. The van der Waals surface area contributed by atoms with Crippen LogP contribution in [0, 0.1) is 0 Å². The minimum Gasteiger partial charge on any atom is -0.480 e. The van der Waals surface area contributed by atoms with Crippen molar-refractivity contribution in [2.24, 2.45) is 0 Å². The molecule has 0 aliphatic rings. The van der Waals surface area contributed by atoms with Crippen molar-refractivity contribution < 1.29 is 63.3 Å². The van der Waals surface area contributed by atoms with Gasteiger partial charge in [0.2, 0.25) is 0 Å². The van der Waals surface area contributed by atoms with Gasteiger partial charge in [-0.3, -0.25) is 4.79 Å². The van der Waals surface area contributed by atoms with E-state index in [1.165, 1.54) is 0 Å². The molecule has 1 unspecified atom stereocenters. The maximum atomic E-state index is 13.3. The molecule has 2 rings (SSSR count). The second-order valence-electron chi connectivity index (χ2n) is 7.52. The van der Waals surface area contributed by atoms with E-state index in [1.54, 1.807) is 0 Å². The Balaban J connectivity index is 2.63. The molecule has 0 saturated carbocycles. The topological polar surface area (TPSA) is 76.1 Å². The lowest BCUT2D eigenvalue weighted by Gasteiger charge is -2.33. The predicted octanol–water partition coefficient (Wildman–Crippen LogP) is 6.70. The SMILES string of the molecule is CCC(C(=O)O)N(CP(=S)(Oc1cccc(C(F)(F)F)c1)Oc1cccc(C(F)(F)F)c1)C(=O)C(F)(F)F. The van der Waals surface area contributed by atoms with Crippen LogP contribution in [0.2, 0.25) is 0 Å². The van der Waals surface area contributed by atoms with Crippen molar-refractivity contribution in [2.75, 3.05) is 6.29 Å². The number of halogens is 9. The van der Waals surface area contributed by atoms with E-state index in [2.05, 4.69) is 0 Å².